The van der Waals surface area contributed by atoms with Gasteiger partial charge in [0.25, 0.3) is 6.47 Å². The molecule has 1 fully saturated rings. The van der Waals surface area contributed by atoms with E-state index in [2.05, 4.69) is 11.7 Å². The minimum atomic E-state index is -0.579. The molecule has 1 saturated carbocycles. The van der Waals surface area contributed by atoms with Crippen molar-refractivity contribution in [1.82, 2.24) is 0 Å². The van der Waals surface area contributed by atoms with Crippen molar-refractivity contribution in [3.63, 3.8) is 0 Å². The largest absolute Gasteiger partial charge is 0.468 e. The highest BCUT2D eigenvalue weighted by Crippen LogP contribution is 2.34. The first-order chi connectivity index (χ1) is 11.3. The van der Waals surface area contributed by atoms with Gasteiger partial charge in [-0.05, 0) is 50.9 Å². The molecule has 23 heavy (non-hydrogen) atoms. The van der Waals surface area contributed by atoms with E-state index in [4.69, 9.17) is 4.74 Å². The van der Waals surface area contributed by atoms with E-state index in [1.54, 1.807) is 0 Å². The summed E-state index contributed by atoms with van der Waals surface area (Å²) in [5, 5.41) is 10.2. The molecular formula is C19H36O4. The fourth-order valence-electron chi connectivity index (χ4n) is 3.47. The Morgan fingerprint density at radius 3 is 2.35 bits per heavy atom. The molecule has 4 heteroatoms. The van der Waals surface area contributed by atoms with Crippen LogP contribution in [-0.2, 0) is 14.3 Å². The average Bonchev–Trinajstić information content (AvgIpc) is 2.58. The molecule has 1 unspecified atom stereocenters. The van der Waals surface area contributed by atoms with Gasteiger partial charge in [0, 0.05) is 12.5 Å². The Morgan fingerprint density at radius 1 is 1.00 bits per heavy atom. The van der Waals surface area contributed by atoms with E-state index >= 15 is 0 Å². The van der Waals surface area contributed by atoms with Crippen molar-refractivity contribution in [3.05, 3.63) is 0 Å². The molecule has 0 aliphatic heterocycles. The van der Waals surface area contributed by atoms with Crippen molar-refractivity contribution >= 4 is 6.47 Å². The smallest absolute Gasteiger partial charge is 0.293 e. The van der Waals surface area contributed by atoms with Gasteiger partial charge in [0.1, 0.15) is 0 Å². The fraction of sp³-hybridized carbons (Fsp3) is 0.947. The van der Waals surface area contributed by atoms with Crippen LogP contribution in [0.2, 0.25) is 0 Å². The molecule has 4 nitrogen and oxygen atoms in total. The van der Waals surface area contributed by atoms with Gasteiger partial charge in [-0.1, -0.05) is 39.0 Å². The summed E-state index contributed by atoms with van der Waals surface area (Å²) in [7, 11) is 0. The lowest BCUT2D eigenvalue weighted by Crippen LogP contribution is -2.28. The minimum Gasteiger partial charge on any atom is -0.468 e. The lowest BCUT2D eigenvalue weighted by atomic mass is 9.79. The van der Waals surface area contributed by atoms with Crippen molar-refractivity contribution in [1.29, 1.82) is 0 Å². The summed E-state index contributed by atoms with van der Waals surface area (Å²) in [5.41, 5.74) is 0. The van der Waals surface area contributed by atoms with Crippen LogP contribution in [0.25, 0.3) is 0 Å². The molecule has 0 spiro atoms. The molecular weight excluding hydrogens is 292 g/mol. The molecule has 0 saturated heterocycles. The second kappa shape index (κ2) is 13.8. The zero-order valence-corrected chi connectivity index (χ0v) is 14.9. The van der Waals surface area contributed by atoms with Gasteiger partial charge in [-0.15, -0.1) is 0 Å². The highest BCUT2D eigenvalue weighted by molar-refractivity contribution is 5.36. The zero-order chi connectivity index (χ0) is 16.8. The number of hydrogen-bond acceptors (Lipinski definition) is 4. The van der Waals surface area contributed by atoms with Crippen molar-refractivity contribution in [2.75, 3.05) is 13.2 Å². The summed E-state index contributed by atoms with van der Waals surface area (Å²) in [6.07, 6.45) is 13.5. The summed E-state index contributed by atoms with van der Waals surface area (Å²) in [6, 6.07) is 0. The van der Waals surface area contributed by atoms with Gasteiger partial charge in [-0.2, -0.15) is 0 Å². The standard InChI is InChI=1S/C19H36O4/c1-2-3-6-9-17-10-12-18(13-11-17)19(21)23-15-8-5-4-7-14-22-16-20/h16-19,21H,2-15H2,1H3. The van der Waals surface area contributed by atoms with E-state index in [1.807, 2.05) is 0 Å². The maximum absolute atomic E-state index is 10.2. The molecule has 0 bridgehead atoms. The highest BCUT2D eigenvalue weighted by atomic mass is 16.6. The normalized spacial score (nSPS) is 22.7. The van der Waals surface area contributed by atoms with Gasteiger partial charge in [-0.3, -0.25) is 4.79 Å². The summed E-state index contributed by atoms with van der Waals surface area (Å²) < 4.78 is 10.3. The fourth-order valence-corrected chi connectivity index (χ4v) is 3.47. The van der Waals surface area contributed by atoms with E-state index in [1.165, 1.54) is 38.5 Å². The maximum atomic E-state index is 10.2. The number of unbranched alkanes of at least 4 members (excludes halogenated alkanes) is 5. The number of carbonyl (C=O) groups excluding carboxylic acids is 1. The lowest BCUT2D eigenvalue weighted by molar-refractivity contribution is -0.143. The first-order valence-corrected chi connectivity index (χ1v) is 9.62. The van der Waals surface area contributed by atoms with Gasteiger partial charge in [-0.25, -0.2) is 0 Å². The Balaban J connectivity index is 1.97. The monoisotopic (exact) mass is 328 g/mol. The van der Waals surface area contributed by atoms with Crippen molar-refractivity contribution in [2.24, 2.45) is 11.8 Å². The van der Waals surface area contributed by atoms with Crippen LogP contribution in [0.5, 0.6) is 0 Å². The van der Waals surface area contributed by atoms with Crippen LogP contribution in [0.1, 0.15) is 84.0 Å². The van der Waals surface area contributed by atoms with Crippen LogP contribution in [0.3, 0.4) is 0 Å². The topological polar surface area (TPSA) is 55.8 Å². The number of rotatable bonds is 14. The zero-order valence-electron chi connectivity index (χ0n) is 14.9. The number of aliphatic hydroxyl groups is 1. The molecule has 0 radical (unpaired) electrons. The number of hydrogen-bond donors (Lipinski definition) is 1. The summed E-state index contributed by atoms with van der Waals surface area (Å²) in [5.74, 6) is 1.21. The Hall–Kier alpha value is -0.610. The first kappa shape index (κ1) is 20.4. The van der Waals surface area contributed by atoms with Crippen molar-refractivity contribution < 1.29 is 19.4 Å². The molecule has 0 aromatic heterocycles. The number of ether oxygens (including phenoxy) is 2. The van der Waals surface area contributed by atoms with E-state index in [0.717, 1.165) is 44.4 Å². The molecule has 0 aromatic carbocycles. The number of carbonyl (C=O) groups is 1. The molecule has 1 rings (SSSR count). The quantitative estimate of drug-likeness (QED) is 0.291. The maximum Gasteiger partial charge on any atom is 0.293 e. The van der Waals surface area contributed by atoms with E-state index in [-0.39, 0.29) is 0 Å². The second-order valence-corrected chi connectivity index (χ2v) is 6.92. The van der Waals surface area contributed by atoms with E-state index in [0.29, 0.717) is 25.6 Å². The van der Waals surface area contributed by atoms with Crippen LogP contribution in [0.4, 0.5) is 0 Å². The van der Waals surface area contributed by atoms with Gasteiger partial charge in [0.15, 0.2) is 6.29 Å². The van der Waals surface area contributed by atoms with Crippen LogP contribution in [0, 0.1) is 11.8 Å². The van der Waals surface area contributed by atoms with E-state index < -0.39 is 6.29 Å². The summed E-state index contributed by atoms with van der Waals surface area (Å²) >= 11 is 0. The Bertz CT molecular complexity index is 275. The van der Waals surface area contributed by atoms with Crippen LogP contribution in [0.15, 0.2) is 0 Å². The van der Waals surface area contributed by atoms with Gasteiger partial charge in [0.05, 0.1) is 6.61 Å². The first-order valence-electron chi connectivity index (χ1n) is 9.62. The van der Waals surface area contributed by atoms with Crippen LogP contribution < -0.4 is 0 Å². The highest BCUT2D eigenvalue weighted by Gasteiger charge is 2.26. The Morgan fingerprint density at radius 2 is 1.70 bits per heavy atom. The SMILES string of the molecule is CCCCCC1CCC(C(O)OCCCCCCOC=O)CC1. The lowest BCUT2D eigenvalue weighted by Gasteiger charge is -2.31. The molecule has 1 aliphatic carbocycles. The number of aliphatic hydroxyl groups excluding tert-OH is 1. The molecule has 0 aromatic rings. The third kappa shape index (κ3) is 9.98. The van der Waals surface area contributed by atoms with Gasteiger partial charge in [0.2, 0.25) is 0 Å². The van der Waals surface area contributed by atoms with Gasteiger partial charge < -0.3 is 14.6 Å². The predicted octanol–water partition coefficient (Wildman–Crippen LogP) is 4.44. The molecule has 1 aliphatic rings. The van der Waals surface area contributed by atoms with Crippen LogP contribution >= 0.6 is 0 Å². The Labute approximate surface area is 141 Å². The van der Waals surface area contributed by atoms with Crippen LogP contribution in [-0.4, -0.2) is 31.1 Å². The van der Waals surface area contributed by atoms with Gasteiger partial charge >= 0.3 is 0 Å². The summed E-state index contributed by atoms with van der Waals surface area (Å²) in [6.45, 7) is 3.89. The molecule has 136 valence electrons. The van der Waals surface area contributed by atoms with E-state index in [9.17, 15) is 9.90 Å². The van der Waals surface area contributed by atoms with Crippen molar-refractivity contribution in [3.8, 4) is 0 Å². The Kier molecular flexibility index (Phi) is 12.3. The molecule has 1 N–H and O–H groups in total. The third-order valence-electron chi connectivity index (χ3n) is 5.02. The average molecular weight is 328 g/mol. The molecule has 0 amide bonds. The summed E-state index contributed by atoms with van der Waals surface area (Å²) in [4.78, 5) is 9.98. The second-order valence-electron chi connectivity index (χ2n) is 6.92. The molecule has 0 heterocycles. The minimum absolute atomic E-state index is 0.332. The van der Waals surface area contributed by atoms with Crippen molar-refractivity contribution in [2.45, 2.75) is 90.3 Å². The molecule has 1 atom stereocenters. The predicted molar refractivity (Wildman–Crippen MR) is 92.0 cm³/mol. The third-order valence-corrected chi connectivity index (χ3v) is 5.02.